The zero-order chi connectivity index (χ0) is 22.1. The van der Waals surface area contributed by atoms with Gasteiger partial charge in [-0.05, 0) is 49.2 Å². The molecule has 2 aromatic rings. The van der Waals surface area contributed by atoms with Crippen LogP contribution in [0, 0.1) is 0 Å². The number of rotatable bonds is 5. The number of imide groups is 1. The predicted octanol–water partition coefficient (Wildman–Crippen LogP) is 5.10. The zero-order valence-electron chi connectivity index (χ0n) is 16.3. The van der Waals surface area contributed by atoms with Crippen LogP contribution in [0.25, 0.3) is 0 Å². The zero-order valence-corrected chi connectivity index (χ0v) is 18.5. The van der Waals surface area contributed by atoms with Gasteiger partial charge in [-0.3, -0.25) is 14.4 Å². The fourth-order valence-electron chi connectivity index (χ4n) is 3.74. The van der Waals surface area contributed by atoms with Gasteiger partial charge in [0.05, 0.1) is 5.69 Å². The normalized spacial score (nSPS) is 16.9. The van der Waals surface area contributed by atoms with Gasteiger partial charge in [-0.15, -0.1) is 0 Å². The molecule has 0 atom stereocenters. The van der Waals surface area contributed by atoms with Crippen LogP contribution in [0.15, 0.2) is 53.2 Å². The number of amides is 3. The summed E-state index contributed by atoms with van der Waals surface area (Å²) in [6.45, 7) is 0. The third kappa shape index (κ3) is 4.56. The van der Waals surface area contributed by atoms with E-state index in [0.29, 0.717) is 11.3 Å². The fraction of sp³-hybridized carbons (Fsp3) is 0.227. The Balaban J connectivity index is 1.54. The van der Waals surface area contributed by atoms with Gasteiger partial charge >= 0.3 is 0 Å². The van der Waals surface area contributed by atoms with Crippen LogP contribution in [0.5, 0.6) is 0 Å². The molecule has 6 nitrogen and oxygen atoms in total. The van der Waals surface area contributed by atoms with Crippen molar-refractivity contribution in [3.63, 3.8) is 0 Å². The Morgan fingerprint density at radius 3 is 2.29 bits per heavy atom. The van der Waals surface area contributed by atoms with Gasteiger partial charge < -0.3 is 10.6 Å². The number of nitrogens with one attached hydrogen (secondary N) is 2. The SMILES string of the molecule is O=C(NC1CCCC1)c1cccc(NC2=C(Cl)C(=O)N(c3cc(Cl)cc(Cl)c3)C2=O)c1. The first-order valence-electron chi connectivity index (χ1n) is 9.76. The lowest BCUT2D eigenvalue weighted by Gasteiger charge is -2.16. The molecule has 1 fully saturated rings. The van der Waals surface area contributed by atoms with Crippen molar-refractivity contribution in [2.45, 2.75) is 31.7 Å². The van der Waals surface area contributed by atoms with Crippen molar-refractivity contribution in [2.75, 3.05) is 10.2 Å². The van der Waals surface area contributed by atoms with Crippen molar-refractivity contribution in [1.82, 2.24) is 5.32 Å². The van der Waals surface area contributed by atoms with Crippen molar-refractivity contribution < 1.29 is 14.4 Å². The first-order valence-corrected chi connectivity index (χ1v) is 10.9. The van der Waals surface area contributed by atoms with Gasteiger partial charge in [-0.2, -0.15) is 0 Å². The molecule has 1 aliphatic carbocycles. The number of benzene rings is 2. The first-order chi connectivity index (χ1) is 14.8. The number of carbonyl (C=O) groups is 3. The van der Waals surface area contributed by atoms with Crippen molar-refractivity contribution in [2.24, 2.45) is 0 Å². The highest BCUT2D eigenvalue weighted by atomic mass is 35.5. The van der Waals surface area contributed by atoms with Crippen LogP contribution >= 0.6 is 34.8 Å². The van der Waals surface area contributed by atoms with Crippen LogP contribution in [-0.4, -0.2) is 23.8 Å². The van der Waals surface area contributed by atoms with E-state index in [2.05, 4.69) is 10.6 Å². The lowest BCUT2D eigenvalue weighted by molar-refractivity contribution is -0.120. The summed E-state index contributed by atoms with van der Waals surface area (Å²) in [6.07, 6.45) is 4.19. The summed E-state index contributed by atoms with van der Waals surface area (Å²) in [5.41, 5.74) is 1.03. The van der Waals surface area contributed by atoms with E-state index in [0.717, 1.165) is 30.6 Å². The van der Waals surface area contributed by atoms with E-state index in [1.807, 2.05) is 0 Å². The number of hydrogen-bond donors (Lipinski definition) is 2. The van der Waals surface area contributed by atoms with E-state index in [1.54, 1.807) is 24.3 Å². The molecule has 160 valence electrons. The van der Waals surface area contributed by atoms with Crippen LogP contribution < -0.4 is 15.5 Å². The Bertz CT molecular complexity index is 1090. The largest absolute Gasteiger partial charge is 0.350 e. The standard InChI is InChI=1S/C22H18Cl3N3O3/c23-13-9-14(24)11-17(10-13)28-21(30)18(25)19(22(28)31)26-16-7-3-4-12(8-16)20(29)27-15-5-1-2-6-15/h3-4,7-11,15,26H,1-2,5-6H2,(H,27,29). The monoisotopic (exact) mass is 477 g/mol. The van der Waals surface area contributed by atoms with E-state index in [-0.39, 0.29) is 38.4 Å². The molecule has 3 amide bonds. The molecule has 2 aliphatic rings. The van der Waals surface area contributed by atoms with E-state index in [9.17, 15) is 14.4 Å². The minimum Gasteiger partial charge on any atom is -0.350 e. The number of nitrogens with zero attached hydrogens (tertiary/aromatic N) is 1. The number of anilines is 2. The van der Waals surface area contributed by atoms with Crippen molar-refractivity contribution in [1.29, 1.82) is 0 Å². The van der Waals surface area contributed by atoms with Crippen LogP contribution in [0.1, 0.15) is 36.0 Å². The molecule has 1 heterocycles. The van der Waals surface area contributed by atoms with Gasteiger partial charge in [0.1, 0.15) is 10.7 Å². The summed E-state index contributed by atoms with van der Waals surface area (Å²) in [6, 6.07) is 11.2. The maximum absolute atomic E-state index is 12.9. The molecule has 0 aromatic heterocycles. The molecule has 0 saturated heterocycles. The Hall–Kier alpha value is -2.54. The highest BCUT2D eigenvalue weighted by Crippen LogP contribution is 2.33. The fourth-order valence-corrected chi connectivity index (χ4v) is 4.46. The van der Waals surface area contributed by atoms with Gasteiger partial charge in [0.15, 0.2) is 0 Å². The molecule has 2 aromatic carbocycles. The molecular formula is C22H18Cl3N3O3. The Kier molecular flexibility index (Phi) is 6.23. The Labute approximate surface area is 194 Å². The maximum atomic E-state index is 12.9. The van der Waals surface area contributed by atoms with Crippen LogP contribution in [0.2, 0.25) is 10.0 Å². The highest BCUT2D eigenvalue weighted by Gasteiger charge is 2.39. The summed E-state index contributed by atoms with van der Waals surface area (Å²) in [5, 5.41) is 6.20. The first kappa shape index (κ1) is 21.7. The van der Waals surface area contributed by atoms with E-state index < -0.39 is 11.8 Å². The molecule has 31 heavy (non-hydrogen) atoms. The number of halogens is 3. The molecule has 1 aliphatic heterocycles. The molecule has 2 N–H and O–H groups in total. The molecule has 0 radical (unpaired) electrons. The van der Waals surface area contributed by atoms with Crippen molar-refractivity contribution in [3.05, 3.63) is 68.8 Å². The smallest absolute Gasteiger partial charge is 0.283 e. The average Bonchev–Trinajstić information content (AvgIpc) is 3.30. The van der Waals surface area contributed by atoms with Crippen molar-refractivity contribution in [3.8, 4) is 0 Å². The van der Waals surface area contributed by atoms with Crippen LogP contribution in [-0.2, 0) is 9.59 Å². The van der Waals surface area contributed by atoms with Gasteiger partial charge in [-0.25, -0.2) is 4.90 Å². The molecule has 1 saturated carbocycles. The predicted molar refractivity (Wildman–Crippen MR) is 122 cm³/mol. The van der Waals surface area contributed by atoms with E-state index >= 15 is 0 Å². The van der Waals surface area contributed by atoms with Crippen LogP contribution in [0.3, 0.4) is 0 Å². The Morgan fingerprint density at radius 1 is 0.935 bits per heavy atom. The molecule has 0 bridgehead atoms. The maximum Gasteiger partial charge on any atom is 0.283 e. The summed E-state index contributed by atoms with van der Waals surface area (Å²) in [5.74, 6) is -1.52. The quantitative estimate of drug-likeness (QED) is 0.586. The topological polar surface area (TPSA) is 78.5 Å². The average molecular weight is 479 g/mol. The van der Waals surface area contributed by atoms with Crippen molar-refractivity contribution >= 4 is 63.9 Å². The Morgan fingerprint density at radius 2 is 1.61 bits per heavy atom. The van der Waals surface area contributed by atoms with Gasteiger partial charge in [-0.1, -0.05) is 53.7 Å². The summed E-state index contributed by atoms with van der Waals surface area (Å²) >= 11 is 18.2. The van der Waals surface area contributed by atoms with Gasteiger partial charge in [0, 0.05) is 27.3 Å². The lowest BCUT2D eigenvalue weighted by atomic mass is 10.1. The summed E-state index contributed by atoms with van der Waals surface area (Å²) < 4.78 is 0. The minimum atomic E-state index is -0.692. The summed E-state index contributed by atoms with van der Waals surface area (Å²) in [4.78, 5) is 39.0. The second-order valence-electron chi connectivity index (χ2n) is 7.42. The lowest BCUT2D eigenvalue weighted by Crippen LogP contribution is -2.32. The summed E-state index contributed by atoms with van der Waals surface area (Å²) in [7, 11) is 0. The minimum absolute atomic E-state index is 0.0869. The molecule has 0 unspecified atom stereocenters. The third-order valence-electron chi connectivity index (χ3n) is 5.22. The third-order valence-corrected chi connectivity index (χ3v) is 6.00. The number of hydrogen-bond acceptors (Lipinski definition) is 4. The molecule has 0 spiro atoms. The number of carbonyl (C=O) groups excluding carboxylic acids is 3. The van der Waals surface area contributed by atoms with E-state index in [1.165, 1.54) is 18.2 Å². The van der Waals surface area contributed by atoms with Crippen LogP contribution in [0.4, 0.5) is 11.4 Å². The van der Waals surface area contributed by atoms with E-state index in [4.69, 9.17) is 34.8 Å². The molecule has 4 rings (SSSR count). The molecule has 9 heteroatoms. The second kappa shape index (κ2) is 8.91. The van der Waals surface area contributed by atoms with Gasteiger partial charge in [0.25, 0.3) is 17.7 Å². The van der Waals surface area contributed by atoms with Gasteiger partial charge in [0.2, 0.25) is 0 Å². The highest BCUT2D eigenvalue weighted by molar-refractivity contribution is 6.53. The second-order valence-corrected chi connectivity index (χ2v) is 8.67. The molecular weight excluding hydrogens is 461 g/mol.